The van der Waals surface area contributed by atoms with Crippen LogP contribution in [-0.2, 0) is 19.6 Å². The zero-order valence-corrected chi connectivity index (χ0v) is 17.7. The molecule has 0 spiro atoms. The summed E-state index contributed by atoms with van der Waals surface area (Å²) in [6.07, 6.45) is 2.77. The van der Waals surface area contributed by atoms with Crippen LogP contribution in [0.5, 0.6) is 0 Å². The Kier molecular flexibility index (Phi) is 7.23. The molecule has 0 bridgehead atoms. The number of ether oxygens (including phenoxy) is 1. The Morgan fingerprint density at radius 3 is 2.13 bits per heavy atom. The van der Waals surface area contributed by atoms with Crippen LogP contribution in [-0.4, -0.2) is 43.8 Å². The molecule has 1 N–H and O–H groups in total. The molecule has 1 amide bonds. The van der Waals surface area contributed by atoms with E-state index in [1.807, 2.05) is 6.07 Å². The number of esters is 1. The molecule has 3 rings (SSSR count). The summed E-state index contributed by atoms with van der Waals surface area (Å²) < 4.78 is 32.4. The third kappa shape index (κ3) is 5.46. The topological polar surface area (TPSA) is 92.8 Å². The summed E-state index contributed by atoms with van der Waals surface area (Å²) in [5.41, 5.74) is 0.789. The van der Waals surface area contributed by atoms with Gasteiger partial charge >= 0.3 is 5.97 Å². The number of nitrogens with zero attached hydrogens (tertiary/aromatic N) is 1. The van der Waals surface area contributed by atoms with E-state index in [1.165, 1.54) is 35.5 Å². The van der Waals surface area contributed by atoms with Gasteiger partial charge < -0.3 is 10.1 Å². The van der Waals surface area contributed by atoms with Crippen molar-refractivity contribution in [3.8, 4) is 0 Å². The molecule has 1 fully saturated rings. The Morgan fingerprint density at radius 1 is 0.933 bits per heavy atom. The summed E-state index contributed by atoms with van der Waals surface area (Å²) in [6.45, 7) is 2.51. The van der Waals surface area contributed by atoms with E-state index >= 15 is 0 Å². The zero-order chi connectivity index (χ0) is 21.6. The molecule has 8 heteroatoms. The molecule has 2 aromatic carbocycles. The van der Waals surface area contributed by atoms with Crippen LogP contribution in [0.4, 0.5) is 5.69 Å². The number of sulfonamides is 1. The number of hydrogen-bond acceptors (Lipinski definition) is 5. The fourth-order valence-electron chi connectivity index (χ4n) is 3.24. The first-order chi connectivity index (χ1) is 14.4. The van der Waals surface area contributed by atoms with E-state index in [0.29, 0.717) is 18.8 Å². The van der Waals surface area contributed by atoms with Crippen molar-refractivity contribution in [3.63, 3.8) is 0 Å². The number of nitrogens with one attached hydrogen (secondary N) is 1. The molecule has 7 nitrogen and oxygen atoms in total. The van der Waals surface area contributed by atoms with Crippen LogP contribution in [0.2, 0.25) is 0 Å². The van der Waals surface area contributed by atoms with Crippen molar-refractivity contribution in [3.05, 3.63) is 60.2 Å². The van der Waals surface area contributed by atoms with Gasteiger partial charge in [-0.3, -0.25) is 4.79 Å². The molecule has 1 atom stereocenters. The Morgan fingerprint density at radius 2 is 1.53 bits per heavy atom. The second-order valence-corrected chi connectivity index (χ2v) is 9.18. The van der Waals surface area contributed by atoms with Gasteiger partial charge in [0.15, 0.2) is 6.10 Å². The molecule has 1 saturated heterocycles. The van der Waals surface area contributed by atoms with Crippen LogP contribution in [0, 0.1) is 0 Å². The van der Waals surface area contributed by atoms with Crippen molar-refractivity contribution in [2.75, 3.05) is 18.4 Å². The average molecular weight is 431 g/mol. The summed E-state index contributed by atoms with van der Waals surface area (Å²) >= 11 is 0. The van der Waals surface area contributed by atoms with Gasteiger partial charge in [-0.05, 0) is 56.2 Å². The summed E-state index contributed by atoms with van der Waals surface area (Å²) in [6, 6.07) is 14.5. The molecule has 1 aliphatic rings. The third-order valence-corrected chi connectivity index (χ3v) is 6.90. The number of hydrogen-bond donors (Lipinski definition) is 1. The Bertz CT molecular complexity index is 966. The van der Waals surface area contributed by atoms with Gasteiger partial charge in [0.1, 0.15) is 0 Å². The van der Waals surface area contributed by atoms with Gasteiger partial charge in [0, 0.05) is 18.8 Å². The van der Waals surface area contributed by atoms with Gasteiger partial charge in [0.25, 0.3) is 5.91 Å². The second kappa shape index (κ2) is 9.86. The lowest BCUT2D eigenvalue weighted by molar-refractivity contribution is -0.123. The molecule has 0 saturated carbocycles. The number of benzene rings is 2. The summed E-state index contributed by atoms with van der Waals surface area (Å²) in [5, 5.41) is 2.67. The molecule has 0 radical (unpaired) electrons. The average Bonchev–Trinajstić information content (AvgIpc) is 3.04. The van der Waals surface area contributed by atoms with E-state index in [9.17, 15) is 18.0 Å². The van der Waals surface area contributed by atoms with Crippen molar-refractivity contribution in [2.45, 2.75) is 43.6 Å². The molecule has 1 aliphatic heterocycles. The standard InChI is InChI=1S/C22H26N2O5S/c1-17(21(25)23-19-9-5-4-6-10-19)29-22(26)18-11-13-20(14-12-18)30(27,28)24-15-7-2-3-8-16-24/h4-6,9-14,17H,2-3,7-8,15-16H2,1H3,(H,23,25)/t17-/m0/s1. The number of anilines is 1. The minimum absolute atomic E-state index is 0.149. The first-order valence-electron chi connectivity index (χ1n) is 10.0. The molecular formula is C22H26N2O5S. The lowest BCUT2D eigenvalue weighted by Crippen LogP contribution is -2.32. The van der Waals surface area contributed by atoms with Gasteiger partial charge in [-0.15, -0.1) is 0 Å². The largest absolute Gasteiger partial charge is 0.449 e. The zero-order valence-electron chi connectivity index (χ0n) is 16.9. The van der Waals surface area contributed by atoms with Gasteiger partial charge in [-0.25, -0.2) is 13.2 Å². The predicted molar refractivity (Wildman–Crippen MR) is 114 cm³/mol. The maximum Gasteiger partial charge on any atom is 0.338 e. The molecule has 2 aromatic rings. The van der Waals surface area contributed by atoms with E-state index in [4.69, 9.17) is 4.74 Å². The Labute approximate surface area is 177 Å². The molecule has 0 unspecified atom stereocenters. The van der Waals surface area contributed by atoms with Crippen LogP contribution in [0.15, 0.2) is 59.5 Å². The molecular weight excluding hydrogens is 404 g/mol. The Hall–Kier alpha value is -2.71. The van der Waals surface area contributed by atoms with E-state index in [1.54, 1.807) is 24.3 Å². The lowest BCUT2D eigenvalue weighted by Gasteiger charge is -2.20. The summed E-state index contributed by atoms with van der Waals surface area (Å²) in [5.74, 6) is -1.14. The van der Waals surface area contributed by atoms with Crippen molar-refractivity contribution < 1.29 is 22.7 Å². The highest BCUT2D eigenvalue weighted by Gasteiger charge is 2.26. The Balaban J connectivity index is 1.62. The van der Waals surface area contributed by atoms with E-state index < -0.39 is 28.0 Å². The highest BCUT2D eigenvalue weighted by molar-refractivity contribution is 7.89. The maximum atomic E-state index is 12.8. The second-order valence-electron chi connectivity index (χ2n) is 7.25. The van der Waals surface area contributed by atoms with Crippen molar-refractivity contribution in [1.29, 1.82) is 0 Å². The van der Waals surface area contributed by atoms with Crippen molar-refractivity contribution >= 4 is 27.6 Å². The monoisotopic (exact) mass is 430 g/mol. The minimum Gasteiger partial charge on any atom is -0.449 e. The van der Waals surface area contributed by atoms with Crippen molar-refractivity contribution in [2.24, 2.45) is 0 Å². The maximum absolute atomic E-state index is 12.8. The lowest BCUT2D eigenvalue weighted by atomic mass is 10.2. The highest BCUT2D eigenvalue weighted by Crippen LogP contribution is 2.21. The first kappa shape index (κ1) is 22.0. The van der Waals surface area contributed by atoms with Gasteiger partial charge in [-0.2, -0.15) is 4.31 Å². The SMILES string of the molecule is C[C@H](OC(=O)c1ccc(S(=O)(=O)N2CCCCCC2)cc1)C(=O)Nc1ccccc1. The van der Waals surface area contributed by atoms with Crippen LogP contribution < -0.4 is 5.32 Å². The molecule has 30 heavy (non-hydrogen) atoms. The van der Waals surface area contributed by atoms with Gasteiger partial charge in [-0.1, -0.05) is 31.0 Å². The quantitative estimate of drug-likeness (QED) is 0.709. The fourth-order valence-corrected chi connectivity index (χ4v) is 4.76. The molecule has 0 aliphatic carbocycles. The number of carbonyl (C=O) groups is 2. The highest BCUT2D eigenvalue weighted by atomic mass is 32.2. The molecule has 160 valence electrons. The predicted octanol–water partition coefficient (Wildman–Crippen LogP) is 3.44. The minimum atomic E-state index is -3.58. The summed E-state index contributed by atoms with van der Waals surface area (Å²) in [4.78, 5) is 24.7. The van der Waals surface area contributed by atoms with Gasteiger partial charge in [0.05, 0.1) is 10.5 Å². The smallest absolute Gasteiger partial charge is 0.338 e. The van der Waals surface area contributed by atoms with Crippen LogP contribution in [0.3, 0.4) is 0 Å². The number of para-hydroxylation sites is 1. The van der Waals surface area contributed by atoms with Crippen molar-refractivity contribution in [1.82, 2.24) is 4.31 Å². The molecule has 0 aromatic heterocycles. The summed E-state index contributed by atoms with van der Waals surface area (Å²) in [7, 11) is -3.58. The van der Waals surface area contributed by atoms with Crippen LogP contribution in [0.1, 0.15) is 43.0 Å². The van der Waals surface area contributed by atoms with E-state index in [2.05, 4.69) is 5.32 Å². The van der Waals surface area contributed by atoms with Crippen LogP contribution in [0.25, 0.3) is 0 Å². The normalized spacial score (nSPS) is 16.3. The van der Waals surface area contributed by atoms with E-state index in [-0.39, 0.29) is 10.5 Å². The van der Waals surface area contributed by atoms with Crippen LogP contribution >= 0.6 is 0 Å². The first-order valence-corrected chi connectivity index (χ1v) is 11.5. The number of carbonyl (C=O) groups excluding carboxylic acids is 2. The molecule has 1 heterocycles. The fraction of sp³-hybridized carbons (Fsp3) is 0.364. The third-order valence-electron chi connectivity index (χ3n) is 4.99. The van der Waals surface area contributed by atoms with E-state index in [0.717, 1.165) is 25.7 Å². The van der Waals surface area contributed by atoms with Gasteiger partial charge in [0.2, 0.25) is 10.0 Å². The number of amides is 1. The number of rotatable bonds is 6.